The molecule has 1 rings (SSSR count). The molecule has 0 atom stereocenters. The number of nitrogens with zero attached hydrogens (tertiary/aromatic N) is 1. The van der Waals surface area contributed by atoms with Crippen LogP contribution in [0.5, 0.6) is 5.75 Å². The summed E-state index contributed by atoms with van der Waals surface area (Å²) in [7, 11) is 3.36. The third kappa shape index (κ3) is 5.46. The topological polar surface area (TPSA) is 70.7 Å². The fraction of sp³-hybridized carbons (Fsp3) is 0.385. The van der Waals surface area contributed by atoms with Crippen molar-refractivity contribution in [1.29, 1.82) is 0 Å². The van der Waals surface area contributed by atoms with Crippen molar-refractivity contribution in [1.82, 2.24) is 15.8 Å². The van der Waals surface area contributed by atoms with Crippen LogP contribution in [0.1, 0.15) is 12.5 Å². The van der Waals surface area contributed by atoms with Crippen molar-refractivity contribution in [3.8, 4) is 5.75 Å². The maximum absolute atomic E-state index is 11.5. The Labute approximate surface area is 123 Å². The fourth-order valence-corrected chi connectivity index (χ4v) is 1.85. The number of carbonyl (C=O) groups is 2. The highest BCUT2D eigenvalue weighted by Crippen LogP contribution is 2.23. The monoisotopic (exact) mass is 299 g/mol. The Morgan fingerprint density at radius 2 is 2.05 bits per heavy atom. The summed E-state index contributed by atoms with van der Waals surface area (Å²) in [6.07, 6.45) is 0. The minimum Gasteiger partial charge on any atom is -0.496 e. The highest BCUT2D eigenvalue weighted by atomic mass is 35.5. The van der Waals surface area contributed by atoms with Crippen LogP contribution in [0.4, 0.5) is 0 Å². The molecule has 2 N–H and O–H groups in total. The van der Waals surface area contributed by atoms with Crippen LogP contribution in [0, 0.1) is 0 Å². The van der Waals surface area contributed by atoms with Crippen molar-refractivity contribution in [2.75, 3.05) is 20.7 Å². The summed E-state index contributed by atoms with van der Waals surface area (Å²) in [4.78, 5) is 24.0. The number of nitrogens with one attached hydrogen (secondary N) is 2. The molecule has 0 radical (unpaired) electrons. The quantitative estimate of drug-likeness (QED) is 0.794. The zero-order chi connectivity index (χ0) is 15.1. The lowest BCUT2D eigenvalue weighted by Crippen LogP contribution is -2.44. The van der Waals surface area contributed by atoms with E-state index in [-0.39, 0.29) is 18.4 Å². The highest BCUT2D eigenvalue weighted by molar-refractivity contribution is 6.30. The molecule has 0 bridgehead atoms. The van der Waals surface area contributed by atoms with E-state index in [4.69, 9.17) is 16.3 Å². The molecular formula is C13H18ClN3O3. The van der Waals surface area contributed by atoms with Gasteiger partial charge in [-0.2, -0.15) is 0 Å². The van der Waals surface area contributed by atoms with Gasteiger partial charge in [-0.1, -0.05) is 11.6 Å². The number of benzene rings is 1. The number of hydrogen-bond donors (Lipinski definition) is 2. The van der Waals surface area contributed by atoms with Gasteiger partial charge in [-0.05, 0) is 25.2 Å². The molecule has 0 aliphatic rings. The van der Waals surface area contributed by atoms with Gasteiger partial charge in [-0.15, -0.1) is 0 Å². The zero-order valence-electron chi connectivity index (χ0n) is 11.7. The molecule has 0 aromatic heterocycles. The van der Waals surface area contributed by atoms with Crippen molar-refractivity contribution in [2.45, 2.75) is 13.5 Å². The van der Waals surface area contributed by atoms with Gasteiger partial charge in [0, 0.05) is 24.1 Å². The lowest BCUT2D eigenvalue weighted by Gasteiger charge is -2.18. The summed E-state index contributed by atoms with van der Waals surface area (Å²) in [6.45, 7) is 1.95. The van der Waals surface area contributed by atoms with Gasteiger partial charge in [-0.3, -0.25) is 25.3 Å². The van der Waals surface area contributed by atoms with Gasteiger partial charge in [0.2, 0.25) is 5.91 Å². The Morgan fingerprint density at radius 1 is 1.35 bits per heavy atom. The molecular weight excluding hydrogens is 282 g/mol. The van der Waals surface area contributed by atoms with Crippen LogP contribution in [-0.2, 0) is 16.1 Å². The van der Waals surface area contributed by atoms with Crippen LogP contribution in [-0.4, -0.2) is 37.4 Å². The molecule has 20 heavy (non-hydrogen) atoms. The number of rotatable bonds is 5. The zero-order valence-corrected chi connectivity index (χ0v) is 12.5. The van der Waals surface area contributed by atoms with E-state index in [1.54, 1.807) is 37.3 Å². The number of amides is 2. The van der Waals surface area contributed by atoms with Crippen molar-refractivity contribution < 1.29 is 14.3 Å². The molecule has 0 aliphatic heterocycles. The maximum Gasteiger partial charge on any atom is 0.252 e. The summed E-state index contributed by atoms with van der Waals surface area (Å²) in [5.74, 6) is 0.0877. The van der Waals surface area contributed by atoms with E-state index in [1.165, 1.54) is 6.92 Å². The van der Waals surface area contributed by atoms with E-state index in [1.807, 2.05) is 0 Å². The smallest absolute Gasteiger partial charge is 0.252 e. The molecule has 2 amide bonds. The average molecular weight is 300 g/mol. The summed E-state index contributed by atoms with van der Waals surface area (Å²) >= 11 is 5.95. The normalized spacial score (nSPS) is 10.2. The van der Waals surface area contributed by atoms with Crippen LogP contribution >= 0.6 is 11.6 Å². The number of ether oxygens (including phenoxy) is 1. The Hall–Kier alpha value is -1.79. The molecule has 0 spiro atoms. The van der Waals surface area contributed by atoms with Crippen LogP contribution in [0.15, 0.2) is 18.2 Å². The number of hydrazine groups is 1. The molecule has 7 heteroatoms. The molecule has 0 heterocycles. The second-order valence-electron chi connectivity index (χ2n) is 4.36. The number of halogens is 1. The van der Waals surface area contributed by atoms with Gasteiger partial charge in [0.25, 0.3) is 5.91 Å². The largest absolute Gasteiger partial charge is 0.496 e. The fourth-order valence-electron chi connectivity index (χ4n) is 1.66. The van der Waals surface area contributed by atoms with Gasteiger partial charge < -0.3 is 4.74 Å². The lowest BCUT2D eigenvalue weighted by atomic mass is 10.2. The third-order valence-electron chi connectivity index (χ3n) is 2.47. The van der Waals surface area contributed by atoms with E-state index in [0.717, 1.165) is 5.56 Å². The molecule has 6 nitrogen and oxygen atoms in total. The summed E-state index contributed by atoms with van der Waals surface area (Å²) in [6, 6.07) is 5.32. The summed E-state index contributed by atoms with van der Waals surface area (Å²) in [5, 5.41) is 0.608. The Bertz CT molecular complexity index is 494. The Morgan fingerprint density at radius 3 is 2.65 bits per heavy atom. The van der Waals surface area contributed by atoms with E-state index < -0.39 is 0 Å². The summed E-state index contributed by atoms with van der Waals surface area (Å²) in [5.41, 5.74) is 5.42. The van der Waals surface area contributed by atoms with Gasteiger partial charge >= 0.3 is 0 Å². The van der Waals surface area contributed by atoms with Gasteiger partial charge in [0.05, 0.1) is 13.7 Å². The minimum absolute atomic E-state index is 0.135. The average Bonchev–Trinajstić information content (AvgIpc) is 2.36. The molecule has 0 aliphatic carbocycles. The minimum atomic E-state index is -0.322. The number of hydrogen-bond acceptors (Lipinski definition) is 4. The number of carbonyl (C=O) groups excluding carboxylic acids is 2. The standard InChI is InChI=1S/C13H18ClN3O3/c1-9(18)15-16-13(19)8-17(2)7-10-6-11(14)4-5-12(10)20-3/h4-6H,7-8H2,1-3H3,(H,15,18)(H,16,19). The Balaban J connectivity index is 2.57. The van der Waals surface area contributed by atoms with Crippen molar-refractivity contribution >= 4 is 23.4 Å². The first kappa shape index (κ1) is 16.3. The highest BCUT2D eigenvalue weighted by Gasteiger charge is 2.10. The van der Waals surface area contributed by atoms with E-state index in [9.17, 15) is 9.59 Å². The first-order chi connectivity index (χ1) is 9.42. The first-order valence-corrected chi connectivity index (χ1v) is 6.36. The first-order valence-electron chi connectivity index (χ1n) is 5.98. The van der Waals surface area contributed by atoms with Crippen molar-refractivity contribution in [2.24, 2.45) is 0 Å². The molecule has 0 saturated heterocycles. The predicted molar refractivity (Wildman–Crippen MR) is 76.3 cm³/mol. The van der Waals surface area contributed by atoms with Crippen LogP contribution < -0.4 is 15.6 Å². The molecule has 0 saturated carbocycles. The summed E-state index contributed by atoms with van der Waals surface area (Å²) < 4.78 is 5.24. The van der Waals surface area contributed by atoms with Gasteiger partial charge in [0.15, 0.2) is 0 Å². The Kier molecular flexibility index (Phi) is 6.27. The van der Waals surface area contributed by atoms with Crippen LogP contribution in [0.25, 0.3) is 0 Å². The SMILES string of the molecule is COc1ccc(Cl)cc1CN(C)CC(=O)NNC(C)=O. The second-order valence-corrected chi connectivity index (χ2v) is 4.79. The maximum atomic E-state index is 11.5. The van der Waals surface area contributed by atoms with E-state index in [0.29, 0.717) is 17.3 Å². The molecule has 110 valence electrons. The number of likely N-dealkylation sites (N-methyl/N-ethyl adjacent to an activating group) is 1. The molecule has 0 fully saturated rings. The second kappa shape index (κ2) is 7.72. The van der Waals surface area contributed by atoms with Gasteiger partial charge in [-0.25, -0.2) is 0 Å². The van der Waals surface area contributed by atoms with E-state index in [2.05, 4.69) is 10.9 Å². The molecule has 0 unspecified atom stereocenters. The predicted octanol–water partition coefficient (Wildman–Crippen LogP) is 0.948. The van der Waals surface area contributed by atoms with Crippen molar-refractivity contribution in [3.05, 3.63) is 28.8 Å². The number of methoxy groups -OCH3 is 1. The van der Waals surface area contributed by atoms with Gasteiger partial charge in [0.1, 0.15) is 5.75 Å². The van der Waals surface area contributed by atoms with Crippen molar-refractivity contribution in [3.63, 3.8) is 0 Å². The molecule has 1 aromatic carbocycles. The third-order valence-corrected chi connectivity index (χ3v) is 2.71. The molecule has 1 aromatic rings. The van der Waals surface area contributed by atoms with Crippen LogP contribution in [0.2, 0.25) is 5.02 Å². The lowest BCUT2D eigenvalue weighted by molar-refractivity contribution is -0.128. The van der Waals surface area contributed by atoms with Crippen LogP contribution in [0.3, 0.4) is 0 Å². The van der Waals surface area contributed by atoms with E-state index >= 15 is 0 Å².